The van der Waals surface area contributed by atoms with Crippen molar-refractivity contribution >= 4 is 59.5 Å². The van der Waals surface area contributed by atoms with Crippen molar-refractivity contribution in [2.45, 2.75) is 0 Å². The van der Waals surface area contributed by atoms with E-state index in [2.05, 4.69) is 66.2 Å². The molecule has 0 atom stereocenters. The molecule has 11 heteroatoms. The van der Waals surface area contributed by atoms with Crippen LogP contribution in [0.2, 0.25) is 0 Å². The smallest absolute Gasteiger partial charge is 0.691 e. The Morgan fingerprint density at radius 1 is 0.733 bits per heavy atom. The minimum Gasteiger partial charge on any atom is -0.691 e. The van der Waals surface area contributed by atoms with Gasteiger partial charge in [-0.15, -0.1) is 0 Å². The Bertz CT molecular complexity index is 201. The number of rotatable bonds is 4. The second-order valence-corrected chi connectivity index (χ2v) is 12.0. The molecule has 0 N–H and O–H groups in total. The Hall–Kier alpha value is 2.46. The fourth-order valence-electron chi connectivity index (χ4n) is 0.149. The van der Waals surface area contributed by atoms with Crippen molar-refractivity contribution in [2.75, 3.05) is 28.4 Å². The van der Waals surface area contributed by atoms with Gasteiger partial charge in [-0.25, -0.2) is 0 Å². The number of hydrogen-bond acceptors (Lipinski definition) is 8. The van der Waals surface area contributed by atoms with Crippen LogP contribution in [0.15, 0.2) is 0 Å². The molecule has 0 aromatic rings. The van der Waals surface area contributed by atoms with Gasteiger partial charge in [0, 0.05) is 28.4 Å². The van der Waals surface area contributed by atoms with Crippen molar-refractivity contribution in [3.05, 3.63) is 0 Å². The van der Waals surface area contributed by atoms with Crippen molar-refractivity contribution < 1.29 is 37.6 Å². The summed E-state index contributed by atoms with van der Waals surface area (Å²) in [6.07, 6.45) is 0. The van der Waals surface area contributed by atoms with Gasteiger partial charge in [-0.2, -0.15) is 0 Å². The fraction of sp³-hybridized carbons (Fsp3) is 1.00. The van der Waals surface area contributed by atoms with E-state index in [0.29, 0.717) is 0 Å². The second-order valence-electron chi connectivity index (χ2n) is 1.62. The van der Waals surface area contributed by atoms with Crippen LogP contribution in [0.25, 0.3) is 0 Å². The van der Waals surface area contributed by atoms with Crippen LogP contribution in [0, 0.1) is 0 Å². The average molecular weight is 380 g/mol. The maximum absolute atomic E-state index is 4.63. The molecule has 0 aromatic heterocycles. The van der Waals surface area contributed by atoms with E-state index < -0.39 is 11.4 Å². The standard InChI is InChI=1S/2C2H7O2PS2.Zn/c2*1-3-5(6,7)4-2;/h2*1-2H3,(H,6,7);/q;;+2/p-2. The maximum atomic E-state index is 4.63. The zero-order chi connectivity index (χ0) is 11.8. The predicted molar refractivity (Wildman–Crippen MR) is 71.3 cm³/mol. The van der Waals surface area contributed by atoms with E-state index in [1.807, 2.05) is 0 Å². The zero-order valence-electron chi connectivity index (χ0n) is 8.87. The molecule has 88 valence electrons. The third kappa shape index (κ3) is 16.5. The van der Waals surface area contributed by atoms with Gasteiger partial charge >= 0.3 is 19.5 Å². The largest absolute Gasteiger partial charge is 2.00 e. The molecule has 0 aliphatic heterocycles. The summed E-state index contributed by atoms with van der Waals surface area (Å²) in [5, 5.41) is 0. The van der Waals surface area contributed by atoms with Gasteiger partial charge in [-0.1, -0.05) is 23.6 Å². The quantitative estimate of drug-likeness (QED) is 0.417. The van der Waals surface area contributed by atoms with Crippen LogP contribution in [-0.4, -0.2) is 28.4 Å². The van der Waals surface area contributed by atoms with Gasteiger partial charge in [0.05, 0.1) is 11.4 Å². The Morgan fingerprint density at radius 3 is 0.867 bits per heavy atom. The molecule has 0 aliphatic carbocycles. The van der Waals surface area contributed by atoms with E-state index in [0.717, 1.165) is 0 Å². The van der Waals surface area contributed by atoms with Crippen molar-refractivity contribution in [1.82, 2.24) is 0 Å². The molecule has 0 spiro atoms. The molecule has 0 amide bonds. The molecule has 0 rings (SSSR count). The van der Waals surface area contributed by atoms with Crippen molar-refractivity contribution in [3.63, 3.8) is 0 Å². The van der Waals surface area contributed by atoms with Gasteiger partial charge in [0.15, 0.2) is 0 Å². The first kappa shape index (κ1) is 22.6. The first-order valence-electron chi connectivity index (χ1n) is 3.09. The molecule has 0 saturated carbocycles. The van der Waals surface area contributed by atoms with Crippen molar-refractivity contribution in [2.24, 2.45) is 0 Å². The normalized spacial score (nSPS) is 11.1. The molecule has 0 saturated heterocycles. The van der Waals surface area contributed by atoms with Gasteiger partial charge in [0.2, 0.25) is 0 Å². The van der Waals surface area contributed by atoms with Gasteiger partial charge in [0.1, 0.15) is 0 Å². The molecule has 0 heterocycles. The summed E-state index contributed by atoms with van der Waals surface area (Å²) in [4.78, 5) is 0. The van der Waals surface area contributed by atoms with Crippen LogP contribution in [0.4, 0.5) is 0 Å². The van der Waals surface area contributed by atoms with Gasteiger partial charge in [0.25, 0.3) is 0 Å². The van der Waals surface area contributed by atoms with E-state index in [4.69, 9.17) is 0 Å². The molecular weight excluding hydrogens is 368 g/mol. The monoisotopic (exact) mass is 378 g/mol. The zero-order valence-corrected chi connectivity index (χ0v) is 16.9. The SMILES string of the molecule is COP(=S)([S-])OC.COP(=S)([S-])OC.[Zn+2]. The van der Waals surface area contributed by atoms with E-state index in [-0.39, 0.29) is 19.5 Å². The van der Waals surface area contributed by atoms with Crippen molar-refractivity contribution in [3.8, 4) is 0 Å². The summed E-state index contributed by atoms with van der Waals surface area (Å²) < 4.78 is 18.4. The molecule has 0 aromatic carbocycles. The summed E-state index contributed by atoms with van der Waals surface area (Å²) in [6, 6.07) is 0. The Labute approximate surface area is 125 Å². The predicted octanol–water partition coefficient (Wildman–Crippen LogP) is 2.10. The Morgan fingerprint density at radius 2 is 0.867 bits per heavy atom. The van der Waals surface area contributed by atoms with Crippen molar-refractivity contribution in [1.29, 1.82) is 0 Å². The number of hydrogen-bond donors (Lipinski definition) is 0. The summed E-state index contributed by atoms with van der Waals surface area (Å²) in [5.74, 6) is 0. The molecule has 4 nitrogen and oxygen atoms in total. The van der Waals surface area contributed by atoms with E-state index in [9.17, 15) is 0 Å². The van der Waals surface area contributed by atoms with Crippen LogP contribution < -0.4 is 0 Å². The summed E-state index contributed by atoms with van der Waals surface area (Å²) in [6.45, 7) is 0. The minimum atomic E-state index is -2.24. The Kier molecular flexibility index (Phi) is 17.4. The summed E-state index contributed by atoms with van der Waals surface area (Å²) in [7, 11) is 5.82. The van der Waals surface area contributed by atoms with E-state index in [1.54, 1.807) is 0 Å². The van der Waals surface area contributed by atoms with Crippen LogP contribution in [0.3, 0.4) is 0 Å². The first-order chi connectivity index (χ1) is 6.24. The third-order valence-electron chi connectivity index (χ3n) is 0.894. The maximum Gasteiger partial charge on any atom is 2.00 e. The average Bonchev–Trinajstić information content (AvgIpc) is 2.19. The second kappa shape index (κ2) is 11.5. The van der Waals surface area contributed by atoms with Gasteiger partial charge in [-0.05, 0) is 0 Å². The van der Waals surface area contributed by atoms with E-state index in [1.165, 1.54) is 28.4 Å². The fourth-order valence-corrected chi connectivity index (χ4v) is 0.447. The van der Waals surface area contributed by atoms with Gasteiger partial charge < -0.3 is 42.6 Å². The summed E-state index contributed by atoms with van der Waals surface area (Å²) >= 11 is 18.5. The first-order valence-corrected chi connectivity index (χ1v) is 10.4. The molecule has 0 bridgehead atoms. The van der Waals surface area contributed by atoms with Crippen LogP contribution in [0.5, 0.6) is 0 Å². The Balaban J connectivity index is -0.000000180. The molecular formula is C4H12O4P2S4Zn. The molecule has 0 radical (unpaired) electrons. The minimum absolute atomic E-state index is 0. The molecule has 0 aliphatic rings. The van der Waals surface area contributed by atoms with Crippen LogP contribution in [0.1, 0.15) is 0 Å². The third-order valence-corrected chi connectivity index (χ3v) is 6.26. The van der Waals surface area contributed by atoms with Crippen LogP contribution >= 0.6 is 11.4 Å². The van der Waals surface area contributed by atoms with E-state index >= 15 is 0 Å². The molecule has 0 fully saturated rings. The summed E-state index contributed by atoms with van der Waals surface area (Å²) in [5.41, 5.74) is -4.48. The van der Waals surface area contributed by atoms with Gasteiger partial charge in [-0.3, -0.25) is 0 Å². The van der Waals surface area contributed by atoms with Crippen LogP contribution in [-0.2, 0) is 85.7 Å². The topological polar surface area (TPSA) is 36.9 Å². The molecule has 0 unspecified atom stereocenters. The molecule has 15 heavy (non-hydrogen) atoms.